The Bertz CT molecular complexity index is 783. The first kappa shape index (κ1) is 16.0. The number of carbonyl (C=O) groups is 2. The first-order valence-corrected chi connectivity index (χ1v) is 6.71. The van der Waals surface area contributed by atoms with Gasteiger partial charge in [0.05, 0.1) is 11.6 Å². The molecule has 1 atom stereocenters. The maximum absolute atomic E-state index is 12.0. The second kappa shape index (κ2) is 7.04. The molecule has 7 nitrogen and oxygen atoms in total. The summed E-state index contributed by atoms with van der Waals surface area (Å²) in [5, 5.41) is 22.8. The van der Waals surface area contributed by atoms with E-state index in [2.05, 4.69) is 5.32 Å². The molecule has 23 heavy (non-hydrogen) atoms. The predicted molar refractivity (Wildman–Crippen MR) is 80.1 cm³/mol. The van der Waals surface area contributed by atoms with E-state index in [4.69, 9.17) is 10.00 Å². The molecule has 0 unspecified atom stereocenters. The summed E-state index contributed by atoms with van der Waals surface area (Å²) in [6.07, 6.45) is 0.0581. The lowest BCUT2D eigenvalue weighted by Gasteiger charge is -2.13. The van der Waals surface area contributed by atoms with Crippen LogP contribution in [0.3, 0.4) is 0 Å². The SMILES string of the molecule is C[C@H](OC(=O)c1cccc[n+]1[O-])C(=O)Nc1cccc(C#N)c1. The van der Waals surface area contributed by atoms with Crippen molar-refractivity contribution in [2.24, 2.45) is 0 Å². The van der Waals surface area contributed by atoms with Crippen molar-refractivity contribution in [3.05, 3.63) is 65.1 Å². The average Bonchev–Trinajstić information content (AvgIpc) is 2.55. The lowest BCUT2D eigenvalue weighted by atomic mass is 10.2. The lowest BCUT2D eigenvalue weighted by molar-refractivity contribution is -0.608. The van der Waals surface area contributed by atoms with Crippen molar-refractivity contribution in [3.8, 4) is 6.07 Å². The molecule has 0 radical (unpaired) electrons. The molecule has 7 heteroatoms. The molecule has 2 rings (SSSR count). The van der Waals surface area contributed by atoms with Crippen LogP contribution in [0.5, 0.6) is 0 Å². The monoisotopic (exact) mass is 311 g/mol. The minimum Gasteiger partial charge on any atom is -0.618 e. The van der Waals surface area contributed by atoms with Crippen LogP contribution in [0, 0.1) is 16.5 Å². The van der Waals surface area contributed by atoms with Crippen molar-refractivity contribution in [3.63, 3.8) is 0 Å². The number of ether oxygens (including phenoxy) is 1. The van der Waals surface area contributed by atoms with Crippen LogP contribution in [0.4, 0.5) is 5.69 Å². The Hall–Kier alpha value is -3.40. The molecule has 1 aromatic carbocycles. The molecule has 0 spiro atoms. The fourth-order valence-electron chi connectivity index (χ4n) is 1.77. The molecule has 1 aromatic heterocycles. The van der Waals surface area contributed by atoms with E-state index in [0.717, 1.165) is 6.20 Å². The van der Waals surface area contributed by atoms with Crippen molar-refractivity contribution in [1.29, 1.82) is 5.26 Å². The van der Waals surface area contributed by atoms with Gasteiger partial charge in [-0.05, 0) is 31.2 Å². The molecule has 116 valence electrons. The molecule has 0 saturated heterocycles. The highest BCUT2D eigenvalue weighted by molar-refractivity contribution is 5.96. The fraction of sp³-hybridized carbons (Fsp3) is 0.125. The largest absolute Gasteiger partial charge is 0.618 e. The second-order valence-electron chi connectivity index (χ2n) is 4.64. The van der Waals surface area contributed by atoms with Gasteiger partial charge in [-0.25, -0.2) is 4.79 Å². The van der Waals surface area contributed by atoms with E-state index in [1.807, 2.05) is 6.07 Å². The molecular formula is C16H13N3O4. The van der Waals surface area contributed by atoms with Crippen LogP contribution in [0.15, 0.2) is 48.7 Å². The summed E-state index contributed by atoms with van der Waals surface area (Å²) in [5.74, 6) is -1.46. The van der Waals surface area contributed by atoms with E-state index < -0.39 is 18.0 Å². The average molecular weight is 311 g/mol. The number of aromatic nitrogens is 1. The van der Waals surface area contributed by atoms with Crippen LogP contribution in [0.1, 0.15) is 23.0 Å². The van der Waals surface area contributed by atoms with Gasteiger partial charge in [0.2, 0.25) is 0 Å². The molecular weight excluding hydrogens is 298 g/mol. The van der Waals surface area contributed by atoms with E-state index in [-0.39, 0.29) is 5.69 Å². The molecule has 1 heterocycles. The van der Waals surface area contributed by atoms with Gasteiger partial charge in [0.15, 0.2) is 12.3 Å². The minimum atomic E-state index is -1.10. The van der Waals surface area contributed by atoms with Crippen molar-refractivity contribution in [2.75, 3.05) is 5.32 Å². The Morgan fingerprint density at radius 1 is 1.30 bits per heavy atom. The highest BCUT2D eigenvalue weighted by Crippen LogP contribution is 2.11. The molecule has 0 fully saturated rings. The van der Waals surface area contributed by atoms with E-state index in [1.54, 1.807) is 18.2 Å². The number of carbonyl (C=O) groups excluding carboxylic acids is 2. The molecule has 0 saturated carbocycles. The van der Waals surface area contributed by atoms with Gasteiger partial charge in [-0.15, -0.1) is 0 Å². The van der Waals surface area contributed by atoms with E-state index in [1.165, 1.54) is 31.2 Å². The maximum Gasteiger partial charge on any atom is 0.405 e. The van der Waals surface area contributed by atoms with Crippen LogP contribution in [0.25, 0.3) is 0 Å². The first-order chi connectivity index (χ1) is 11.0. The molecule has 1 amide bonds. The summed E-state index contributed by atoms with van der Waals surface area (Å²) in [6.45, 7) is 1.39. The minimum absolute atomic E-state index is 0.210. The highest BCUT2D eigenvalue weighted by Gasteiger charge is 2.23. The second-order valence-corrected chi connectivity index (χ2v) is 4.64. The summed E-state index contributed by atoms with van der Waals surface area (Å²) in [5.41, 5.74) is 0.596. The topological polar surface area (TPSA) is 106 Å². The van der Waals surface area contributed by atoms with Crippen LogP contribution in [0.2, 0.25) is 0 Å². The number of hydrogen-bond donors (Lipinski definition) is 1. The summed E-state index contributed by atoms with van der Waals surface area (Å²) in [4.78, 5) is 23.9. The standard InChI is InChI=1S/C16H13N3O4/c1-11(23-16(21)14-7-2-3-8-19(14)22)15(20)18-13-6-4-5-12(9-13)10-17/h2-9,11H,1H3,(H,18,20)/t11-/m0/s1. The highest BCUT2D eigenvalue weighted by atomic mass is 16.6. The summed E-state index contributed by atoms with van der Waals surface area (Å²) in [7, 11) is 0. The Morgan fingerprint density at radius 3 is 2.78 bits per heavy atom. The Kier molecular flexibility index (Phi) is 4.89. The van der Waals surface area contributed by atoms with Gasteiger partial charge in [0.25, 0.3) is 5.91 Å². The number of hydrogen-bond acceptors (Lipinski definition) is 5. The lowest BCUT2D eigenvalue weighted by Crippen LogP contribution is -2.37. The number of nitrogens with zero attached hydrogens (tertiary/aromatic N) is 2. The number of nitrogens with one attached hydrogen (secondary N) is 1. The Morgan fingerprint density at radius 2 is 2.09 bits per heavy atom. The van der Waals surface area contributed by atoms with Gasteiger partial charge in [0.1, 0.15) is 0 Å². The molecule has 0 aliphatic heterocycles. The smallest absolute Gasteiger partial charge is 0.405 e. The van der Waals surface area contributed by atoms with Crippen LogP contribution < -0.4 is 10.0 Å². The summed E-state index contributed by atoms with van der Waals surface area (Å²) in [6, 6.07) is 12.6. The Balaban J connectivity index is 2.01. The molecule has 0 aliphatic rings. The number of nitriles is 1. The van der Waals surface area contributed by atoms with Crippen LogP contribution >= 0.6 is 0 Å². The fourth-order valence-corrected chi connectivity index (χ4v) is 1.77. The zero-order valence-corrected chi connectivity index (χ0v) is 12.2. The van der Waals surface area contributed by atoms with E-state index in [0.29, 0.717) is 16.0 Å². The van der Waals surface area contributed by atoms with Crippen molar-refractivity contribution >= 4 is 17.6 Å². The maximum atomic E-state index is 12.0. The predicted octanol–water partition coefficient (Wildman–Crippen LogP) is 1.38. The number of amides is 1. The molecule has 0 aliphatic carbocycles. The van der Waals surface area contributed by atoms with Crippen molar-refractivity contribution in [2.45, 2.75) is 13.0 Å². The van der Waals surface area contributed by atoms with Gasteiger partial charge < -0.3 is 15.3 Å². The van der Waals surface area contributed by atoms with Gasteiger partial charge in [-0.3, -0.25) is 4.79 Å². The Labute approximate surface area is 132 Å². The van der Waals surface area contributed by atoms with Crippen molar-refractivity contribution in [1.82, 2.24) is 0 Å². The summed E-state index contributed by atoms with van der Waals surface area (Å²) >= 11 is 0. The third kappa shape index (κ3) is 4.04. The number of benzene rings is 1. The van der Waals surface area contributed by atoms with Gasteiger partial charge in [-0.1, -0.05) is 6.07 Å². The number of anilines is 1. The van der Waals surface area contributed by atoms with Crippen LogP contribution in [-0.4, -0.2) is 18.0 Å². The van der Waals surface area contributed by atoms with Crippen molar-refractivity contribution < 1.29 is 19.1 Å². The van der Waals surface area contributed by atoms with E-state index >= 15 is 0 Å². The van der Waals surface area contributed by atoms with E-state index in [9.17, 15) is 14.8 Å². The molecule has 0 bridgehead atoms. The number of pyridine rings is 1. The van der Waals surface area contributed by atoms with Crippen LogP contribution in [-0.2, 0) is 9.53 Å². The summed E-state index contributed by atoms with van der Waals surface area (Å²) < 4.78 is 5.34. The first-order valence-electron chi connectivity index (χ1n) is 6.71. The normalized spacial score (nSPS) is 11.1. The van der Waals surface area contributed by atoms with Gasteiger partial charge in [0, 0.05) is 17.8 Å². The molecule has 1 N–H and O–H groups in total. The third-order valence-corrected chi connectivity index (χ3v) is 2.95. The number of rotatable bonds is 4. The van der Waals surface area contributed by atoms with Gasteiger partial charge >= 0.3 is 11.7 Å². The quantitative estimate of drug-likeness (QED) is 0.521. The van der Waals surface area contributed by atoms with Gasteiger partial charge in [-0.2, -0.15) is 9.99 Å². The zero-order chi connectivity index (χ0) is 16.8. The number of esters is 1. The zero-order valence-electron chi connectivity index (χ0n) is 12.2. The third-order valence-electron chi connectivity index (χ3n) is 2.95. The molecule has 2 aromatic rings.